The van der Waals surface area contributed by atoms with Crippen LogP contribution in [0.2, 0.25) is 0 Å². The molecule has 0 amide bonds. The highest BCUT2D eigenvalue weighted by Gasteiger charge is 2.13. The zero-order valence-electron chi connectivity index (χ0n) is 10.9. The Bertz CT molecular complexity index is 776. The van der Waals surface area contributed by atoms with Crippen LogP contribution >= 0.6 is 0 Å². The summed E-state index contributed by atoms with van der Waals surface area (Å²) in [6, 6.07) is 13.8. The summed E-state index contributed by atoms with van der Waals surface area (Å²) >= 11 is 0. The number of anilines is 1. The van der Waals surface area contributed by atoms with Gasteiger partial charge in [-0.2, -0.15) is 15.4 Å². The number of aromatic nitrogens is 3. The number of hydrogen-bond acceptors (Lipinski definition) is 4. The van der Waals surface area contributed by atoms with Gasteiger partial charge in [-0.05, 0) is 24.3 Å². The van der Waals surface area contributed by atoms with E-state index in [9.17, 15) is 4.79 Å². The van der Waals surface area contributed by atoms with Crippen LogP contribution < -0.4 is 5.73 Å². The molecule has 0 aliphatic heterocycles. The van der Waals surface area contributed by atoms with Gasteiger partial charge in [0.15, 0.2) is 0 Å². The van der Waals surface area contributed by atoms with Gasteiger partial charge in [0.25, 0.3) is 0 Å². The minimum atomic E-state index is -0.958. The second kappa shape index (κ2) is 5.09. The average Bonchev–Trinajstić information content (AvgIpc) is 2.97. The summed E-state index contributed by atoms with van der Waals surface area (Å²) in [6.07, 6.45) is 0. The fourth-order valence-electron chi connectivity index (χ4n) is 2.05. The van der Waals surface area contributed by atoms with Crippen molar-refractivity contribution in [3.05, 3.63) is 54.1 Å². The summed E-state index contributed by atoms with van der Waals surface area (Å²) in [5.41, 5.74) is 9.62. The van der Waals surface area contributed by atoms with E-state index in [1.54, 1.807) is 36.4 Å². The van der Waals surface area contributed by atoms with Crippen LogP contribution in [0, 0.1) is 0 Å². The fraction of sp³-hybridized carbons (Fsp3) is 0. The van der Waals surface area contributed by atoms with Gasteiger partial charge in [-0.3, -0.25) is 0 Å². The average molecular weight is 280 g/mol. The number of carboxylic acids is 1. The molecule has 0 aliphatic carbocycles. The lowest BCUT2D eigenvalue weighted by molar-refractivity contribution is 0.0697. The molecule has 3 rings (SSSR count). The Hall–Kier alpha value is -3.15. The van der Waals surface area contributed by atoms with Crippen LogP contribution in [0.5, 0.6) is 0 Å². The molecule has 21 heavy (non-hydrogen) atoms. The molecule has 104 valence electrons. The summed E-state index contributed by atoms with van der Waals surface area (Å²) in [5.74, 6) is -0.958. The fourth-order valence-corrected chi connectivity index (χ4v) is 2.05. The lowest BCUT2D eigenvalue weighted by atomic mass is 10.0. The molecule has 0 atom stereocenters. The van der Waals surface area contributed by atoms with Crippen LogP contribution in [-0.2, 0) is 0 Å². The number of aromatic amines is 1. The van der Waals surface area contributed by atoms with Crippen molar-refractivity contribution in [2.24, 2.45) is 0 Å². The number of carboxylic acid groups (broad SMARTS) is 1. The van der Waals surface area contributed by atoms with Crippen molar-refractivity contribution in [2.45, 2.75) is 0 Å². The van der Waals surface area contributed by atoms with Crippen molar-refractivity contribution in [1.29, 1.82) is 0 Å². The zero-order valence-corrected chi connectivity index (χ0v) is 10.9. The molecular weight excluding hydrogens is 268 g/mol. The molecule has 0 fully saturated rings. The topological polar surface area (TPSA) is 105 Å². The van der Waals surface area contributed by atoms with Crippen molar-refractivity contribution >= 4 is 11.7 Å². The number of rotatable bonds is 3. The Morgan fingerprint density at radius 2 is 1.38 bits per heavy atom. The van der Waals surface area contributed by atoms with E-state index in [0.29, 0.717) is 17.1 Å². The largest absolute Gasteiger partial charge is 0.478 e. The first kappa shape index (κ1) is 12.9. The minimum Gasteiger partial charge on any atom is -0.478 e. The van der Waals surface area contributed by atoms with Crippen LogP contribution in [0.15, 0.2) is 48.5 Å². The van der Waals surface area contributed by atoms with Gasteiger partial charge < -0.3 is 10.8 Å². The summed E-state index contributed by atoms with van der Waals surface area (Å²) in [7, 11) is 0. The summed E-state index contributed by atoms with van der Waals surface area (Å²) in [4.78, 5) is 10.9. The van der Waals surface area contributed by atoms with Crippen molar-refractivity contribution in [2.75, 3.05) is 5.73 Å². The number of nitrogens with one attached hydrogen (secondary N) is 1. The van der Waals surface area contributed by atoms with E-state index in [1.807, 2.05) is 12.1 Å². The molecule has 0 bridgehead atoms. The molecule has 0 saturated heterocycles. The molecule has 6 heteroatoms. The molecule has 6 nitrogen and oxygen atoms in total. The minimum absolute atomic E-state index is 0.233. The van der Waals surface area contributed by atoms with Gasteiger partial charge in [-0.15, -0.1) is 0 Å². The molecule has 4 N–H and O–H groups in total. The van der Waals surface area contributed by atoms with E-state index in [4.69, 9.17) is 10.8 Å². The summed E-state index contributed by atoms with van der Waals surface area (Å²) in [6.45, 7) is 0. The Balaban J connectivity index is 2.02. The number of nitrogens with two attached hydrogens (primary N) is 1. The Morgan fingerprint density at radius 3 is 1.86 bits per heavy atom. The van der Waals surface area contributed by atoms with Crippen LogP contribution in [-0.4, -0.2) is 26.5 Å². The number of nitrogens with zero attached hydrogens (tertiary/aromatic N) is 2. The molecule has 2 aromatic carbocycles. The highest BCUT2D eigenvalue weighted by atomic mass is 16.4. The SMILES string of the molecule is Nc1ccc(-c2n[nH]nc2-c2ccc(C(=O)O)cc2)cc1. The van der Waals surface area contributed by atoms with Gasteiger partial charge in [0.05, 0.1) is 5.56 Å². The molecule has 3 aromatic rings. The second-order valence-electron chi connectivity index (χ2n) is 4.53. The smallest absolute Gasteiger partial charge is 0.335 e. The third-order valence-electron chi connectivity index (χ3n) is 3.14. The Labute approximate surface area is 120 Å². The third kappa shape index (κ3) is 2.46. The van der Waals surface area contributed by atoms with E-state index in [2.05, 4.69) is 15.4 Å². The zero-order chi connectivity index (χ0) is 14.8. The van der Waals surface area contributed by atoms with Gasteiger partial charge in [0.1, 0.15) is 11.4 Å². The van der Waals surface area contributed by atoms with Crippen molar-refractivity contribution in [1.82, 2.24) is 15.4 Å². The summed E-state index contributed by atoms with van der Waals surface area (Å²) < 4.78 is 0. The molecule has 1 heterocycles. The third-order valence-corrected chi connectivity index (χ3v) is 3.14. The number of nitrogen functional groups attached to an aromatic ring is 1. The Kier molecular flexibility index (Phi) is 3.12. The van der Waals surface area contributed by atoms with Gasteiger partial charge >= 0.3 is 5.97 Å². The predicted molar refractivity (Wildman–Crippen MR) is 78.6 cm³/mol. The lowest BCUT2D eigenvalue weighted by Gasteiger charge is -2.02. The normalized spacial score (nSPS) is 10.5. The standard InChI is InChI=1S/C15H12N4O2/c16-12-7-5-10(6-8-12)14-13(17-19-18-14)9-1-3-11(4-2-9)15(20)21/h1-8H,16H2,(H,20,21)(H,17,18,19). The van der Waals surface area contributed by atoms with E-state index in [1.165, 1.54) is 0 Å². The number of aromatic carboxylic acids is 1. The van der Waals surface area contributed by atoms with Crippen LogP contribution in [0.3, 0.4) is 0 Å². The lowest BCUT2D eigenvalue weighted by Crippen LogP contribution is -1.95. The number of H-pyrrole nitrogens is 1. The highest BCUT2D eigenvalue weighted by Crippen LogP contribution is 2.28. The van der Waals surface area contributed by atoms with Gasteiger partial charge in [0, 0.05) is 16.8 Å². The first-order chi connectivity index (χ1) is 10.1. The Morgan fingerprint density at radius 1 is 0.905 bits per heavy atom. The maximum absolute atomic E-state index is 10.9. The monoisotopic (exact) mass is 280 g/mol. The first-order valence-corrected chi connectivity index (χ1v) is 6.25. The number of carbonyl (C=O) groups is 1. The second-order valence-corrected chi connectivity index (χ2v) is 4.53. The molecular formula is C15H12N4O2. The number of hydrogen-bond donors (Lipinski definition) is 3. The molecule has 0 spiro atoms. The molecule has 0 saturated carbocycles. The van der Waals surface area contributed by atoms with Crippen molar-refractivity contribution < 1.29 is 9.90 Å². The van der Waals surface area contributed by atoms with Crippen LogP contribution in [0.4, 0.5) is 5.69 Å². The molecule has 0 radical (unpaired) electrons. The van der Waals surface area contributed by atoms with Crippen molar-refractivity contribution in [3.63, 3.8) is 0 Å². The van der Waals surface area contributed by atoms with Crippen LogP contribution in [0.25, 0.3) is 22.5 Å². The molecule has 1 aromatic heterocycles. The molecule has 0 aliphatic rings. The van der Waals surface area contributed by atoms with Crippen molar-refractivity contribution in [3.8, 4) is 22.5 Å². The van der Waals surface area contributed by atoms with E-state index in [0.717, 1.165) is 11.1 Å². The molecule has 0 unspecified atom stereocenters. The van der Waals surface area contributed by atoms with E-state index >= 15 is 0 Å². The quantitative estimate of drug-likeness (QED) is 0.639. The van der Waals surface area contributed by atoms with E-state index in [-0.39, 0.29) is 5.56 Å². The van der Waals surface area contributed by atoms with Gasteiger partial charge in [0.2, 0.25) is 0 Å². The maximum atomic E-state index is 10.9. The van der Waals surface area contributed by atoms with Crippen LogP contribution in [0.1, 0.15) is 10.4 Å². The maximum Gasteiger partial charge on any atom is 0.335 e. The summed E-state index contributed by atoms with van der Waals surface area (Å²) in [5, 5.41) is 19.8. The van der Waals surface area contributed by atoms with Gasteiger partial charge in [-0.1, -0.05) is 24.3 Å². The van der Waals surface area contributed by atoms with Gasteiger partial charge in [-0.25, -0.2) is 4.79 Å². The first-order valence-electron chi connectivity index (χ1n) is 6.25. The van der Waals surface area contributed by atoms with E-state index < -0.39 is 5.97 Å². The highest BCUT2D eigenvalue weighted by molar-refractivity contribution is 5.88. The predicted octanol–water partition coefficient (Wildman–Crippen LogP) is 2.42. The number of benzene rings is 2.